The summed E-state index contributed by atoms with van der Waals surface area (Å²) in [5.41, 5.74) is 1.87. The van der Waals surface area contributed by atoms with Crippen LogP contribution < -0.4 is 10.2 Å². The van der Waals surface area contributed by atoms with Gasteiger partial charge in [0.25, 0.3) is 0 Å². The van der Waals surface area contributed by atoms with Crippen LogP contribution in [0.2, 0.25) is 0 Å². The van der Waals surface area contributed by atoms with E-state index in [-0.39, 0.29) is 5.97 Å². The maximum Gasteiger partial charge on any atom is 0.341 e. The zero-order valence-electron chi connectivity index (χ0n) is 17.4. The van der Waals surface area contributed by atoms with Gasteiger partial charge in [-0.3, -0.25) is 0 Å². The third-order valence-corrected chi connectivity index (χ3v) is 7.23. The number of hydrogen-bond acceptors (Lipinski definition) is 6. The molecule has 8 heteroatoms. The van der Waals surface area contributed by atoms with Gasteiger partial charge in [-0.05, 0) is 62.5 Å². The smallest absolute Gasteiger partial charge is 0.341 e. The molecule has 0 saturated carbocycles. The summed E-state index contributed by atoms with van der Waals surface area (Å²) in [6.45, 7) is 5.60. The number of carbonyl (C=O) groups excluding carboxylic acids is 1. The molecule has 1 aliphatic heterocycles. The molecular weight excluding hydrogens is 416 g/mol. The zero-order chi connectivity index (χ0) is 20.9. The zero-order valence-corrected chi connectivity index (χ0v) is 19.0. The summed E-state index contributed by atoms with van der Waals surface area (Å²) in [4.78, 5) is 22.9. The van der Waals surface area contributed by atoms with E-state index in [1.165, 1.54) is 23.3 Å². The molecule has 6 nitrogen and oxygen atoms in total. The van der Waals surface area contributed by atoms with Crippen molar-refractivity contribution < 1.29 is 9.53 Å². The molecule has 1 aliphatic carbocycles. The fourth-order valence-corrected chi connectivity index (χ4v) is 5.73. The van der Waals surface area contributed by atoms with Crippen molar-refractivity contribution in [1.29, 1.82) is 0 Å². The van der Waals surface area contributed by atoms with Crippen molar-refractivity contribution in [3.8, 4) is 0 Å². The minimum absolute atomic E-state index is 0.234. The number of thiocarbonyl (C=S) groups is 1. The average molecular weight is 445 g/mol. The van der Waals surface area contributed by atoms with E-state index in [4.69, 9.17) is 17.0 Å². The Morgan fingerprint density at radius 3 is 2.73 bits per heavy atom. The number of aryl methyl sites for hydroxylation is 1. The van der Waals surface area contributed by atoms with Gasteiger partial charge < -0.3 is 19.9 Å². The lowest BCUT2D eigenvalue weighted by Gasteiger charge is -2.36. The molecule has 1 fully saturated rings. The molecule has 0 aromatic carbocycles. The number of hydrogen-bond donors (Lipinski definition) is 1. The SMILES string of the molecule is CCOC(=O)c1c(NC(=S)N2CCN(c3ccccn3)CC2)sc2c1CCCCC2. The van der Waals surface area contributed by atoms with Crippen LogP contribution in [-0.2, 0) is 17.6 Å². The van der Waals surface area contributed by atoms with Crippen molar-refractivity contribution >= 4 is 45.5 Å². The molecule has 0 bridgehead atoms. The highest BCUT2D eigenvalue weighted by atomic mass is 32.1. The molecular formula is C22H28N4O2S2. The Balaban J connectivity index is 1.46. The van der Waals surface area contributed by atoms with Gasteiger partial charge in [0.05, 0.1) is 12.2 Å². The van der Waals surface area contributed by atoms with Crippen LogP contribution in [0.4, 0.5) is 10.8 Å². The minimum Gasteiger partial charge on any atom is -0.462 e. The van der Waals surface area contributed by atoms with Crippen LogP contribution in [0.5, 0.6) is 0 Å². The number of pyridine rings is 1. The van der Waals surface area contributed by atoms with E-state index >= 15 is 0 Å². The number of rotatable bonds is 4. The Bertz CT molecular complexity index is 892. The molecule has 2 aromatic heterocycles. The first kappa shape index (κ1) is 21.1. The maximum absolute atomic E-state index is 12.7. The number of fused-ring (bicyclic) bond motifs is 1. The number of thiophene rings is 1. The van der Waals surface area contributed by atoms with Crippen molar-refractivity contribution in [2.75, 3.05) is 43.0 Å². The highest BCUT2D eigenvalue weighted by Crippen LogP contribution is 2.38. The predicted molar refractivity (Wildman–Crippen MR) is 126 cm³/mol. The van der Waals surface area contributed by atoms with E-state index in [2.05, 4.69) is 20.1 Å². The molecule has 0 radical (unpaired) electrons. The lowest BCUT2D eigenvalue weighted by atomic mass is 10.1. The van der Waals surface area contributed by atoms with E-state index in [1.807, 2.05) is 31.3 Å². The second kappa shape index (κ2) is 9.75. The number of nitrogens with zero attached hydrogens (tertiary/aromatic N) is 3. The van der Waals surface area contributed by atoms with Crippen molar-refractivity contribution in [2.45, 2.75) is 39.0 Å². The third kappa shape index (κ3) is 4.59. The van der Waals surface area contributed by atoms with Crippen LogP contribution in [-0.4, -0.2) is 53.8 Å². The summed E-state index contributed by atoms with van der Waals surface area (Å²) >= 11 is 7.40. The van der Waals surface area contributed by atoms with Crippen LogP contribution >= 0.6 is 23.6 Å². The van der Waals surface area contributed by atoms with Crippen LogP contribution in [0.25, 0.3) is 0 Å². The summed E-state index contributed by atoms with van der Waals surface area (Å²) in [5, 5.41) is 4.92. The molecule has 4 rings (SSSR count). The maximum atomic E-state index is 12.7. The molecule has 3 heterocycles. The molecule has 1 N–H and O–H groups in total. The van der Waals surface area contributed by atoms with Gasteiger partial charge >= 0.3 is 5.97 Å². The molecule has 2 aliphatic rings. The normalized spacial score (nSPS) is 16.6. The van der Waals surface area contributed by atoms with E-state index in [1.54, 1.807) is 11.3 Å². The number of ether oxygens (including phenoxy) is 1. The number of nitrogens with one attached hydrogen (secondary N) is 1. The van der Waals surface area contributed by atoms with Gasteiger partial charge in [0.2, 0.25) is 0 Å². The van der Waals surface area contributed by atoms with E-state index < -0.39 is 0 Å². The van der Waals surface area contributed by atoms with Gasteiger partial charge in [0, 0.05) is 37.3 Å². The quantitative estimate of drug-likeness (QED) is 0.433. The van der Waals surface area contributed by atoms with Crippen molar-refractivity contribution in [1.82, 2.24) is 9.88 Å². The lowest BCUT2D eigenvalue weighted by Crippen LogP contribution is -2.50. The Kier molecular flexibility index (Phi) is 6.84. The lowest BCUT2D eigenvalue weighted by molar-refractivity contribution is 0.0527. The van der Waals surface area contributed by atoms with Gasteiger partial charge in [0.15, 0.2) is 5.11 Å². The van der Waals surface area contributed by atoms with Gasteiger partial charge in [0.1, 0.15) is 10.8 Å². The first-order chi connectivity index (χ1) is 14.7. The summed E-state index contributed by atoms with van der Waals surface area (Å²) < 4.78 is 5.38. The Labute approximate surface area is 187 Å². The molecule has 1 saturated heterocycles. The summed E-state index contributed by atoms with van der Waals surface area (Å²) in [7, 11) is 0. The number of anilines is 2. The Morgan fingerprint density at radius 1 is 1.20 bits per heavy atom. The summed E-state index contributed by atoms with van der Waals surface area (Å²) in [5.74, 6) is 0.768. The van der Waals surface area contributed by atoms with E-state index in [9.17, 15) is 4.79 Å². The first-order valence-electron chi connectivity index (χ1n) is 10.7. The van der Waals surface area contributed by atoms with Crippen LogP contribution in [0.15, 0.2) is 24.4 Å². The third-order valence-electron chi connectivity index (χ3n) is 5.66. The molecule has 30 heavy (non-hydrogen) atoms. The largest absolute Gasteiger partial charge is 0.462 e. The number of carbonyl (C=O) groups is 1. The molecule has 0 unspecified atom stereocenters. The molecule has 0 spiro atoms. The summed E-state index contributed by atoms with van der Waals surface area (Å²) in [6.07, 6.45) is 7.31. The van der Waals surface area contributed by atoms with E-state index in [0.717, 1.165) is 56.3 Å². The first-order valence-corrected chi connectivity index (χ1v) is 11.9. The Morgan fingerprint density at radius 2 is 2.00 bits per heavy atom. The minimum atomic E-state index is -0.234. The fourth-order valence-electron chi connectivity index (χ4n) is 4.11. The van der Waals surface area contributed by atoms with Gasteiger partial charge in [-0.2, -0.15) is 0 Å². The molecule has 0 atom stereocenters. The monoisotopic (exact) mass is 444 g/mol. The number of esters is 1. The Hall–Kier alpha value is -2.19. The summed E-state index contributed by atoms with van der Waals surface area (Å²) in [6, 6.07) is 5.98. The van der Waals surface area contributed by atoms with Crippen molar-refractivity contribution in [2.24, 2.45) is 0 Å². The van der Waals surface area contributed by atoms with Crippen molar-refractivity contribution in [3.05, 3.63) is 40.4 Å². The highest BCUT2D eigenvalue weighted by molar-refractivity contribution is 7.80. The van der Waals surface area contributed by atoms with Gasteiger partial charge in [-0.1, -0.05) is 12.5 Å². The predicted octanol–water partition coefficient (Wildman–Crippen LogP) is 4.11. The molecule has 2 aromatic rings. The van der Waals surface area contributed by atoms with E-state index in [0.29, 0.717) is 17.3 Å². The van der Waals surface area contributed by atoms with Gasteiger partial charge in [-0.25, -0.2) is 9.78 Å². The highest BCUT2D eigenvalue weighted by Gasteiger charge is 2.27. The second-order valence-corrected chi connectivity index (χ2v) is 9.07. The van der Waals surface area contributed by atoms with Crippen LogP contribution in [0.3, 0.4) is 0 Å². The second-order valence-electron chi connectivity index (χ2n) is 7.58. The molecule has 0 amide bonds. The molecule has 160 valence electrons. The van der Waals surface area contributed by atoms with Gasteiger partial charge in [-0.15, -0.1) is 11.3 Å². The topological polar surface area (TPSA) is 57.7 Å². The number of aromatic nitrogens is 1. The average Bonchev–Trinajstić information content (AvgIpc) is 2.95. The fraction of sp³-hybridized carbons (Fsp3) is 0.500. The standard InChI is InChI=1S/C22H28N4O2S2/c1-2-28-21(27)19-16-8-4-3-5-9-17(16)30-20(19)24-22(29)26-14-12-25(13-15-26)18-10-6-7-11-23-18/h6-7,10-11H,2-5,8-9,12-15H2,1H3,(H,24,29). The van der Waals surface area contributed by atoms with Crippen LogP contribution in [0, 0.1) is 0 Å². The van der Waals surface area contributed by atoms with Crippen molar-refractivity contribution in [3.63, 3.8) is 0 Å². The van der Waals surface area contributed by atoms with Crippen LogP contribution in [0.1, 0.15) is 47.0 Å². The number of piperazine rings is 1.